The van der Waals surface area contributed by atoms with Crippen molar-refractivity contribution in [1.29, 1.82) is 5.26 Å². The van der Waals surface area contributed by atoms with E-state index in [2.05, 4.69) is 16.3 Å². The van der Waals surface area contributed by atoms with E-state index >= 15 is 0 Å². The number of sulfone groups is 1. The van der Waals surface area contributed by atoms with Crippen molar-refractivity contribution < 1.29 is 26.4 Å². The molecule has 0 radical (unpaired) electrons. The molecule has 14 heteroatoms. The van der Waals surface area contributed by atoms with Crippen LogP contribution in [0.3, 0.4) is 0 Å². The molecule has 1 saturated carbocycles. The first-order valence-corrected chi connectivity index (χ1v) is 17.3. The Morgan fingerprint density at radius 2 is 1.77 bits per heavy atom. The molecular formula is C26H34ClN5O6S2. The highest BCUT2D eigenvalue weighted by Gasteiger charge is 2.50. The van der Waals surface area contributed by atoms with Crippen LogP contribution < -0.4 is 5.32 Å². The fourth-order valence-electron chi connectivity index (χ4n) is 6.15. The summed E-state index contributed by atoms with van der Waals surface area (Å²) in [5, 5.41) is 11.3. The van der Waals surface area contributed by atoms with Crippen LogP contribution >= 0.6 is 11.6 Å². The fourth-order valence-corrected chi connectivity index (χ4v) is 9.28. The number of hydrogen-bond acceptors (Lipinski definition) is 8. The van der Waals surface area contributed by atoms with E-state index in [1.807, 2.05) is 0 Å². The molecule has 1 aliphatic carbocycles. The Hall–Kier alpha value is -2.24. The second-order valence-corrected chi connectivity index (χ2v) is 15.9. The van der Waals surface area contributed by atoms with Gasteiger partial charge in [-0.1, -0.05) is 23.7 Å². The molecule has 1 aromatic rings. The number of halogens is 1. The van der Waals surface area contributed by atoms with Crippen LogP contribution in [0.25, 0.3) is 0 Å². The molecule has 3 aliphatic heterocycles. The second kappa shape index (κ2) is 10.9. The zero-order valence-electron chi connectivity index (χ0n) is 22.3. The van der Waals surface area contributed by atoms with Crippen molar-refractivity contribution in [2.24, 2.45) is 0 Å². The number of nitriles is 1. The van der Waals surface area contributed by atoms with Crippen LogP contribution in [0.5, 0.6) is 0 Å². The van der Waals surface area contributed by atoms with Crippen LogP contribution in [0.2, 0.25) is 5.02 Å². The highest BCUT2D eigenvalue weighted by molar-refractivity contribution is 7.92. The molecule has 1 aromatic carbocycles. The summed E-state index contributed by atoms with van der Waals surface area (Å²) in [6.07, 6.45) is 4.17. The van der Waals surface area contributed by atoms with Crippen LogP contribution in [0.15, 0.2) is 29.2 Å². The first-order valence-electron chi connectivity index (χ1n) is 13.6. The van der Waals surface area contributed by atoms with Crippen molar-refractivity contribution >= 4 is 43.3 Å². The Labute approximate surface area is 240 Å². The third-order valence-corrected chi connectivity index (χ3v) is 12.6. The molecule has 0 aromatic heterocycles. The molecule has 4 aliphatic rings. The van der Waals surface area contributed by atoms with Crippen LogP contribution in [0.4, 0.5) is 0 Å². The van der Waals surface area contributed by atoms with Gasteiger partial charge in [0.1, 0.15) is 5.54 Å². The standard InChI is InChI=1S/C26H34ClN5O6S2/c1-39(35,36)30-11-6-18(7-12-30)31-13-8-22(31)25(34)32-16-20(40(37,38)23-5-3-2-4-21(23)27)14-19(32)15-24(33)29-26(17-28)9-10-26/h2-5,18-20,22H,6-16H2,1H3,(H,29,33)/t19-,20-,22?/m1/s1. The summed E-state index contributed by atoms with van der Waals surface area (Å²) in [5.41, 5.74) is -0.862. The number of likely N-dealkylation sites (tertiary alicyclic amines) is 2. The predicted octanol–water partition coefficient (Wildman–Crippen LogP) is 1.14. The number of carbonyl (C=O) groups excluding carboxylic acids is 2. The summed E-state index contributed by atoms with van der Waals surface area (Å²) in [5.74, 6) is -0.593. The zero-order valence-corrected chi connectivity index (χ0v) is 24.7. The highest BCUT2D eigenvalue weighted by atomic mass is 35.5. The Balaban J connectivity index is 1.33. The topological polar surface area (TPSA) is 148 Å². The summed E-state index contributed by atoms with van der Waals surface area (Å²) < 4.78 is 52.4. The molecule has 0 spiro atoms. The van der Waals surface area contributed by atoms with E-state index in [1.165, 1.54) is 27.6 Å². The average Bonchev–Trinajstić information content (AvgIpc) is 3.51. The summed E-state index contributed by atoms with van der Waals surface area (Å²) >= 11 is 6.23. The largest absolute Gasteiger partial charge is 0.338 e. The van der Waals surface area contributed by atoms with Gasteiger partial charge in [0.05, 0.1) is 33.5 Å². The van der Waals surface area contributed by atoms with Crippen LogP contribution in [0.1, 0.15) is 44.9 Å². The average molecular weight is 612 g/mol. The molecule has 3 heterocycles. The second-order valence-electron chi connectivity index (χ2n) is 11.4. The molecule has 2 amide bonds. The maximum atomic E-state index is 13.9. The van der Waals surface area contributed by atoms with Crippen LogP contribution in [-0.2, 0) is 29.4 Å². The van der Waals surface area contributed by atoms with Gasteiger partial charge >= 0.3 is 0 Å². The molecule has 218 valence electrons. The van der Waals surface area contributed by atoms with Crippen LogP contribution in [-0.4, -0.2) is 104 Å². The molecule has 0 bridgehead atoms. The monoisotopic (exact) mass is 611 g/mol. The number of nitrogens with one attached hydrogen (secondary N) is 1. The minimum atomic E-state index is -3.89. The lowest BCUT2D eigenvalue weighted by atomic mass is 9.93. The third-order valence-electron chi connectivity index (χ3n) is 8.71. The molecule has 3 saturated heterocycles. The molecule has 40 heavy (non-hydrogen) atoms. The number of amides is 2. The first-order chi connectivity index (χ1) is 18.8. The van der Waals surface area contributed by atoms with E-state index in [1.54, 1.807) is 12.1 Å². The van der Waals surface area contributed by atoms with Gasteiger partial charge in [0.15, 0.2) is 9.84 Å². The number of benzene rings is 1. The SMILES string of the molecule is CS(=O)(=O)N1CCC(N2CCC2C(=O)N2C[C@H](S(=O)(=O)c3ccccc3Cl)C[C@@H]2CC(=O)NC2(C#N)CC2)CC1. The van der Waals surface area contributed by atoms with Crippen molar-refractivity contribution in [2.75, 3.05) is 32.4 Å². The van der Waals surface area contributed by atoms with Gasteiger partial charge in [0.25, 0.3) is 0 Å². The van der Waals surface area contributed by atoms with Gasteiger partial charge < -0.3 is 10.2 Å². The van der Waals surface area contributed by atoms with E-state index in [4.69, 9.17) is 11.6 Å². The van der Waals surface area contributed by atoms with Crippen molar-refractivity contribution in [3.63, 3.8) is 0 Å². The summed E-state index contributed by atoms with van der Waals surface area (Å²) in [4.78, 5) is 30.4. The lowest BCUT2D eigenvalue weighted by molar-refractivity contribution is -0.145. The predicted molar refractivity (Wildman–Crippen MR) is 147 cm³/mol. The fraction of sp³-hybridized carbons (Fsp3) is 0.654. The Kier molecular flexibility index (Phi) is 7.95. The van der Waals surface area contributed by atoms with Gasteiger partial charge in [-0.15, -0.1) is 0 Å². The van der Waals surface area contributed by atoms with Gasteiger partial charge in [-0.05, 0) is 50.7 Å². The van der Waals surface area contributed by atoms with E-state index in [0.717, 1.165) is 0 Å². The number of piperidine rings is 1. The smallest absolute Gasteiger partial charge is 0.240 e. The highest BCUT2D eigenvalue weighted by Crippen LogP contribution is 2.37. The quantitative estimate of drug-likeness (QED) is 0.460. The summed E-state index contributed by atoms with van der Waals surface area (Å²) in [6.45, 7) is 1.44. The van der Waals surface area contributed by atoms with Crippen LogP contribution in [0, 0.1) is 11.3 Å². The van der Waals surface area contributed by atoms with Crippen molar-refractivity contribution in [3.05, 3.63) is 29.3 Å². The van der Waals surface area contributed by atoms with E-state index in [9.17, 15) is 31.7 Å². The molecule has 1 N–H and O–H groups in total. The number of carbonyl (C=O) groups is 2. The Morgan fingerprint density at radius 3 is 2.33 bits per heavy atom. The number of nitrogens with zero attached hydrogens (tertiary/aromatic N) is 4. The Bertz CT molecular complexity index is 1430. The number of rotatable bonds is 8. The van der Waals surface area contributed by atoms with Crippen molar-refractivity contribution in [3.8, 4) is 6.07 Å². The molecule has 11 nitrogen and oxygen atoms in total. The number of sulfonamides is 1. The molecular weight excluding hydrogens is 578 g/mol. The Morgan fingerprint density at radius 1 is 1.10 bits per heavy atom. The van der Waals surface area contributed by atoms with Gasteiger partial charge in [0, 0.05) is 44.7 Å². The maximum absolute atomic E-state index is 13.9. The first kappa shape index (κ1) is 29.3. The van der Waals surface area contributed by atoms with Crippen molar-refractivity contribution in [2.45, 2.75) is 78.8 Å². The lowest BCUT2D eigenvalue weighted by Crippen LogP contribution is -2.62. The van der Waals surface area contributed by atoms with Gasteiger partial charge in [-0.3, -0.25) is 14.5 Å². The minimum absolute atomic E-state index is 0.00323. The summed E-state index contributed by atoms with van der Waals surface area (Å²) in [7, 11) is -7.15. The van der Waals surface area contributed by atoms with Gasteiger partial charge in [-0.2, -0.15) is 5.26 Å². The number of hydrogen-bond donors (Lipinski definition) is 1. The summed E-state index contributed by atoms with van der Waals surface area (Å²) in [6, 6.07) is 7.29. The maximum Gasteiger partial charge on any atom is 0.240 e. The zero-order chi connectivity index (χ0) is 28.9. The molecule has 1 unspecified atom stereocenters. The van der Waals surface area contributed by atoms with Gasteiger partial charge in [-0.25, -0.2) is 21.1 Å². The minimum Gasteiger partial charge on any atom is -0.338 e. The molecule has 5 rings (SSSR count). The molecule has 3 atom stereocenters. The third kappa shape index (κ3) is 5.74. The van der Waals surface area contributed by atoms with Gasteiger partial charge in [0.2, 0.25) is 21.8 Å². The van der Waals surface area contributed by atoms with Crippen molar-refractivity contribution in [1.82, 2.24) is 19.4 Å². The van der Waals surface area contributed by atoms with E-state index in [0.29, 0.717) is 51.7 Å². The molecule has 4 fully saturated rings. The normalized spacial score (nSPS) is 27.5. The van der Waals surface area contributed by atoms with E-state index < -0.39 is 42.7 Å². The lowest BCUT2D eigenvalue weighted by Gasteiger charge is -2.48. The van der Waals surface area contributed by atoms with E-state index in [-0.39, 0.29) is 47.2 Å².